The van der Waals surface area contributed by atoms with Crippen LogP contribution in [0.4, 0.5) is 5.13 Å². The average molecular weight is 359 g/mol. The van der Waals surface area contributed by atoms with Crippen molar-refractivity contribution in [3.63, 3.8) is 0 Å². The molecule has 7 heteroatoms. The summed E-state index contributed by atoms with van der Waals surface area (Å²) in [5, 5.41) is 5.53. The van der Waals surface area contributed by atoms with Crippen molar-refractivity contribution >= 4 is 16.5 Å². The summed E-state index contributed by atoms with van der Waals surface area (Å²) >= 11 is 1.90. The summed E-state index contributed by atoms with van der Waals surface area (Å²) < 4.78 is 1.58. The van der Waals surface area contributed by atoms with Gasteiger partial charge in [0.05, 0.1) is 17.9 Å². The molecule has 0 unspecified atom stereocenters. The van der Waals surface area contributed by atoms with E-state index in [1.807, 2.05) is 18.3 Å². The Bertz CT molecular complexity index is 768. The average Bonchev–Trinajstić information content (AvgIpc) is 3.07. The molecule has 0 bridgehead atoms. The number of rotatable bonds is 4. The molecule has 134 valence electrons. The molecule has 4 rings (SSSR count). The number of anilines is 1. The second-order valence-electron chi connectivity index (χ2n) is 6.94. The molecule has 2 aromatic rings. The quantitative estimate of drug-likeness (QED) is 0.832. The Labute approximate surface area is 152 Å². The molecule has 3 heterocycles. The summed E-state index contributed by atoms with van der Waals surface area (Å²) in [6, 6.07) is 3.37. The molecule has 0 N–H and O–H groups in total. The summed E-state index contributed by atoms with van der Waals surface area (Å²) in [6.45, 7) is 7.52. The lowest BCUT2D eigenvalue weighted by Crippen LogP contribution is -2.47. The van der Waals surface area contributed by atoms with Crippen molar-refractivity contribution in [3.8, 4) is 0 Å². The maximum absolute atomic E-state index is 11.8. The molecule has 1 saturated heterocycles. The second-order valence-corrected chi connectivity index (χ2v) is 8.00. The fourth-order valence-corrected chi connectivity index (χ4v) is 4.78. The third-order valence-corrected chi connectivity index (χ3v) is 6.32. The molecule has 2 aromatic heterocycles. The SMILES string of the molecule is Cc1ccc(=O)n(CCN2CCN(c3nc4c(s3)CCCC4)CC2)n1. The summed E-state index contributed by atoms with van der Waals surface area (Å²) in [4.78, 5) is 23.1. The summed E-state index contributed by atoms with van der Waals surface area (Å²) in [7, 11) is 0. The van der Waals surface area contributed by atoms with E-state index < -0.39 is 0 Å². The first kappa shape index (κ1) is 16.7. The third-order valence-electron chi connectivity index (χ3n) is 5.11. The number of hydrogen-bond donors (Lipinski definition) is 0. The Kier molecular flexibility index (Phi) is 4.85. The van der Waals surface area contributed by atoms with Gasteiger partial charge in [0.1, 0.15) is 0 Å². The van der Waals surface area contributed by atoms with Crippen LogP contribution in [0, 0.1) is 6.92 Å². The molecule has 0 spiro atoms. The lowest BCUT2D eigenvalue weighted by molar-refractivity contribution is 0.242. The number of aromatic nitrogens is 3. The van der Waals surface area contributed by atoms with Gasteiger partial charge < -0.3 is 4.90 Å². The molecule has 6 nitrogen and oxygen atoms in total. The van der Waals surface area contributed by atoms with Gasteiger partial charge in [0.25, 0.3) is 5.56 Å². The lowest BCUT2D eigenvalue weighted by atomic mass is 10.0. The van der Waals surface area contributed by atoms with E-state index in [0.29, 0.717) is 6.54 Å². The highest BCUT2D eigenvalue weighted by atomic mass is 32.1. The molecule has 25 heavy (non-hydrogen) atoms. The molecule has 2 aliphatic rings. The van der Waals surface area contributed by atoms with Crippen LogP contribution < -0.4 is 10.5 Å². The van der Waals surface area contributed by atoms with Crippen molar-refractivity contribution in [2.45, 2.75) is 39.2 Å². The van der Waals surface area contributed by atoms with Crippen LogP contribution in [-0.4, -0.2) is 52.4 Å². The molecule has 1 fully saturated rings. The highest BCUT2D eigenvalue weighted by Crippen LogP contribution is 2.32. The Morgan fingerprint density at radius 1 is 1.08 bits per heavy atom. The Morgan fingerprint density at radius 2 is 1.88 bits per heavy atom. The molecule has 0 aromatic carbocycles. The highest BCUT2D eigenvalue weighted by Gasteiger charge is 2.22. The minimum atomic E-state index is -0.0161. The zero-order valence-electron chi connectivity index (χ0n) is 14.8. The standard InChI is InChI=1S/C18H25N5OS/c1-14-6-7-17(24)23(20-14)13-10-21-8-11-22(12-9-21)18-19-15-4-2-3-5-16(15)25-18/h6-7H,2-5,8-13H2,1H3. The first-order valence-electron chi connectivity index (χ1n) is 9.20. The maximum atomic E-state index is 11.8. The second kappa shape index (κ2) is 7.25. The van der Waals surface area contributed by atoms with Gasteiger partial charge in [-0.05, 0) is 38.7 Å². The molecule has 1 aliphatic heterocycles. The Morgan fingerprint density at radius 3 is 2.68 bits per heavy atom. The fourth-order valence-electron chi connectivity index (χ4n) is 3.58. The number of nitrogens with zero attached hydrogens (tertiary/aromatic N) is 5. The summed E-state index contributed by atoms with van der Waals surface area (Å²) in [5.74, 6) is 0. The third kappa shape index (κ3) is 3.77. The summed E-state index contributed by atoms with van der Waals surface area (Å²) in [6.07, 6.45) is 4.97. The molecular formula is C18H25N5OS. The van der Waals surface area contributed by atoms with Crippen molar-refractivity contribution in [2.75, 3.05) is 37.6 Å². The van der Waals surface area contributed by atoms with Crippen LogP contribution in [0.3, 0.4) is 0 Å². The Hall–Kier alpha value is -1.73. The van der Waals surface area contributed by atoms with Crippen LogP contribution in [0.2, 0.25) is 0 Å². The predicted octanol–water partition coefficient (Wildman–Crippen LogP) is 1.71. The monoisotopic (exact) mass is 359 g/mol. The molecule has 1 aliphatic carbocycles. The van der Waals surface area contributed by atoms with E-state index >= 15 is 0 Å². The van der Waals surface area contributed by atoms with Gasteiger partial charge in [-0.2, -0.15) is 5.10 Å². The van der Waals surface area contributed by atoms with Crippen LogP contribution in [-0.2, 0) is 19.4 Å². The van der Waals surface area contributed by atoms with Crippen molar-refractivity contribution in [1.29, 1.82) is 0 Å². The van der Waals surface area contributed by atoms with E-state index in [4.69, 9.17) is 4.98 Å². The lowest BCUT2D eigenvalue weighted by Gasteiger charge is -2.34. The number of fused-ring (bicyclic) bond motifs is 1. The van der Waals surface area contributed by atoms with E-state index in [1.165, 1.54) is 35.0 Å². The largest absolute Gasteiger partial charge is 0.346 e. The van der Waals surface area contributed by atoms with Gasteiger partial charge in [0.15, 0.2) is 5.13 Å². The number of aryl methyl sites for hydroxylation is 3. The fraction of sp³-hybridized carbons (Fsp3) is 0.611. The van der Waals surface area contributed by atoms with E-state index in [0.717, 1.165) is 44.8 Å². The predicted molar refractivity (Wildman–Crippen MR) is 101 cm³/mol. The zero-order valence-corrected chi connectivity index (χ0v) is 15.6. The van der Waals surface area contributed by atoms with Gasteiger partial charge in [0, 0.05) is 43.7 Å². The van der Waals surface area contributed by atoms with Gasteiger partial charge in [-0.3, -0.25) is 9.69 Å². The summed E-state index contributed by atoms with van der Waals surface area (Å²) in [5.41, 5.74) is 2.22. The molecular weight excluding hydrogens is 334 g/mol. The number of hydrogen-bond acceptors (Lipinski definition) is 6. The smallest absolute Gasteiger partial charge is 0.266 e. The van der Waals surface area contributed by atoms with Crippen LogP contribution in [0.5, 0.6) is 0 Å². The molecule has 0 atom stereocenters. The van der Waals surface area contributed by atoms with Crippen molar-refractivity contribution in [1.82, 2.24) is 19.7 Å². The van der Waals surface area contributed by atoms with Crippen LogP contribution in [0.1, 0.15) is 29.1 Å². The molecule has 0 radical (unpaired) electrons. The van der Waals surface area contributed by atoms with E-state index in [9.17, 15) is 4.79 Å². The highest BCUT2D eigenvalue weighted by molar-refractivity contribution is 7.15. The minimum absolute atomic E-state index is 0.0161. The Balaban J connectivity index is 1.31. The van der Waals surface area contributed by atoms with Gasteiger partial charge >= 0.3 is 0 Å². The first-order valence-corrected chi connectivity index (χ1v) is 10.0. The minimum Gasteiger partial charge on any atom is -0.346 e. The van der Waals surface area contributed by atoms with Crippen molar-refractivity contribution < 1.29 is 0 Å². The number of thiazole rings is 1. The van der Waals surface area contributed by atoms with E-state index in [2.05, 4.69) is 14.9 Å². The first-order chi connectivity index (χ1) is 12.2. The van der Waals surface area contributed by atoms with Crippen LogP contribution in [0.25, 0.3) is 0 Å². The number of piperazine rings is 1. The molecule has 0 amide bonds. The van der Waals surface area contributed by atoms with Gasteiger partial charge in [-0.25, -0.2) is 9.67 Å². The van der Waals surface area contributed by atoms with Gasteiger partial charge in [-0.1, -0.05) is 0 Å². The van der Waals surface area contributed by atoms with Gasteiger partial charge in [-0.15, -0.1) is 11.3 Å². The topological polar surface area (TPSA) is 54.3 Å². The van der Waals surface area contributed by atoms with E-state index in [1.54, 1.807) is 16.8 Å². The van der Waals surface area contributed by atoms with Crippen molar-refractivity contribution in [3.05, 3.63) is 38.8 Å². The molecule has 0 saturated carbocycles. The van der Waals surface area contributed by atoms with Crippen LogP contribution >= 0.6 is 11.3 Å². The van der Waals surface area contributed by atoms with Crippen LogP contribution in [0.15, 0.2) is 16.9 Å². The maximum Gasteiger partial charge on any atom is 0.266 e. The van der Waals surface area contributed by atoms with Gasteiger partial charge in [0.2, 0.25) is 0 Å². The van der Waals surface area contributed by atoms with E-state index in [-0.39, 0.29) is 5.56 Å². The van der Waals surface area contributed by atoms with Crippen molar-refractivity contribution in [2.24, 2.45) is 0 Å². The zero-order chi connectivity index (χ0) is 17.2. The normalized spacial score (nSPS) is 18.4.